The van der Waals surface area contributed by atoms with E-state index in [4.69, 9.17) is 9.15 Å². The number of aryl methyl sites for hydroxylation is 1. The van der Waals surface area contributed by atoms with Gasteiger partial charge in [0, 0.05) is 30.6 Å². The van der Waals surface area contributed by atoms with Crippen molar-refractivity contribution < 1.29 is 13.9 Å². The van der Waals surface area contributed by atoms with Crippen LogP contribution in [0, 0.1) is 6.92 Å². The molecule has 2 aromatic heterocycles. The van der Waals surface area contributed by atoms with Crippen molar-refractivity contribution >= 4 is 17.2 Å². The molecule has 1 atom stereocenters. The van der Waals surface area contributed by atoms with Crippen LogP contribution in [0.3, 0.4) is 0 Å². The molecule has 3 rings (SSSR count). The van der Waals surface area contributed by atoms with Crippen LogP contribution in [-0.4, -0.2) is 43.7 Å². The highest BCUT2D eigenvalue weighted by Crippen LogP contribution is 2.23. The van der Waals surface area contributed by atoms with Gasteiger partial charge in [-0.1, -0.05) is 0 Å². The quantitative estimate of drug-likeness (QED) is 0.919. The van der Waals surface area contributed by atoms with Gasteiger partial charge in [0.05, 0.1) is 19.3 Å². The van der Waals surface area contributed by atoms with Crippen molar-refractivity contribution in [1.82, 2.24) is 10.2 Å². The van der Waals surface area contributed by atoms with Gasteiger partial charge in [-0.05, 0) is 30.5 Å². The van der Waals surface area contributed by atoms with Crippen LogP contribution in [-0.2, 0) is 4.74 Å². The molecule has 0 spiro atoms. The number of carbonyl (C=O) groups excluding carboxylic acids is 1. The van der Waals surface area contributed by atoms with Gasteiger partial charge in [-0.3, -0.25) is 9.69 Å². The molecule has 0 saturated carbocycles. The van der Waals surface area contributed by atoms with E-state index in [9.17, 15) is 4.79 Å². The molecule has 1 amide bonds. The van der Waals surface area contributed by atoms with Crippen LogP contribution in [0.5, 0.6) is 0 Å². The summed E-state index contributed by atoms with van der Waals surface area (Å²) in [5, 5.41) is 6.78. The van der Waals surface area contributed by atoms with Crippen LogP contribution in [0.15, 0.2) is 33.4 Å². The van der Waals surface area contributed by atoms with Crippen LogP contribution >= 0.6 is 11.3 Å². The van der Waals surface area contributed by atoms with Crippen molar-refractivity contribution in [3.8, 4) is 0 Å². The first-order valence-electron chi connectivity index (χ1n) is 7.42. The normalized spacial score (nSPS) is 17.3. The van der Waals surface area contributed by atoms with Gasteiger partial charge in [0.25, 0.3) is 5.91 Å². The number of thiophene rings is 1. The summed E-state index contributed by atoms with van der Waals surface area (Å²) in [6, 6.07) is 5.83. The highest BCUT2D eigenvalue weighted by molar-refractivity contribution is 7.08. The topological polar surface area (TPSA) is 54.7 Å². The minimum atomic E-state index is -0.0391. The van der Waals surface area contributed by atoms with E-state index in [0.29, 0.717) is 25.3 Å². The van der Waals surface area contributed by atoms with Gasteiger partial charge >= 0.3 is 0 Å². The van der Waals surface area contributed by atoms with Crippen molar-refractivity contribution in [3.63, 3.8) is 0 Å². The summed E-state index contributed by atoms with van der Waals surface area (Å²) < 4.78 is 11.2. The number of furan rings is 1. The van der Waals surface area contributed by atoms with Gasteiger partial charge < -0.3 is 14.5 Å². The van der Waals surface area contributed by atoms with E-state index >= 15 is 0 Å². The number of nitrogens with zero attached hydrogens (tertiary/aromatic N) is 1. The molecular weight excluding hydrogens is 300 g/mol. The van der Waals surface area contributed by atoms with Gasteiger partial charge in [-0.15, -0.1) is 0 Å². The first-order valence-corrected chi connectivity index (χ1v) is 8.37. The smallest absolute Gasteiger partial charge is 0.252 e. The second-order valence-electron chi connectivity index (χ2n) is 5.33. The lowest BCUT2D eigenvalue weighted by molar-refractivity contribution is 0.0117. The Hall–Kier alpha value is -1.63. The summed E-state index contributed by atoms with van der Waals surface area (Å²) in [5.41, 5.74) is 0.710. The fourth-order valence-corrected chi connectivity index (χ4v) is 3.25. The first kappa shape index (κ1) is 15.3. The van der Waals surface area contributed by atoms with Crippen molar-refractivity contribution in [3.05, 3.63) is 46.0 Å². The maximum absolute atomic E-state index is 12.2. The number of ether oxygens (including phenoxy) is 1. The standard InChI is InChI=1S/C16H20N2O3S/c1-12-2-3-15(21-12)14(18-5-7-20-8-6-18)10-17-16(19)13-4-9-22-11-13/h2-4,9,11,14H,5-8,10H2,1H3,(H,17,19). The molecule has 3 heterocycles. The van der Waals surface area contributed by atoms with Gasteiger partial charge in [0.2, 0.25) is 0 Å². The summed E-state index contributed by atoms with van der Waals surface area (Å²) in [7, 11) is 0. The molecule has 118 valence electrons. The van der Waals surface area contributed by atoms with Crippen molar-refractivity contribution in [2.24, 2.45) is 0 Å². The lowest BCUT2D eigenvalue weighted by atomic mass is 10.1. The molecule has 1 N–H and O–H groups in total. The van der Waals surface area contributed by atoms with E-state index in [0.717, 1.165) is 24.6 Å². The van der Waals surface area contributed by atoms with E-state index in [1.165, 1.54) is 11.3 Å². The highest BCUT2D eigenvalue weighted by Gasteiger charge is 2.25. The SMILES string of the molecule is Cc1ccc(C(CNC(=O)c2ccsc2)N2CCOCC2)o1. The van der Waals surface area contributed by atoms with Crippen molar-refractivity contribution in [1.29, 1.82) is 0 Å². The van der Waals surface area contributed by atoms with E-state index in [1.807, 2.05) is 35.9 Å². The average molecular weight is 320 g/mol. The molecule has 5 nitrogen and oxygen atoms in total. The highest BCUT2D eigenvalue weighted by atomic mass is 32.1. The Kier molecular flexibility index (Phi) is 4.92. The molecule has 2 aromatic rings. The summed E-state index contributed by atoms with van der Waals surface area (Å²) in [4.78, 5) is 14.5. The van der Waals surface area contributed by atoms with Crippen LogP contribution in [0.1, 0.15) is 27.9 Å². The molecule has 0 bridgehead atoms. The summed E-state index contributed by atoms with van der Waals surface area (Å²) in [6.07, 6.45) is 0. The summed E-state index contributed by atoms with van der Waals surface area (Å²) in [5.74, 6) is 1.74. The number of carbonyl (C=O) groups is 1. The molecule has 1 unspecified atom stereocenters. The molecular formula is C16H20N2O3S. The Morgan fingerprint density at radius 2 is 2.18 bits per heavy atom. The van der Waals surface area contributed by atoms with Crippen molar-refractivity contribution in [2.75, 3.05) is 32.8 Å². The Morgan fingerprint density at radius 3 is 2.82 bits per heavy atom. The van der Waals surface area contributed by atoms with E-state index in [-0.39, 0.29) is 11.9 Å². The number of amides is 1. The number of nitrogens with one attached hydrogen (secondary N) is 1. The number of morpholine rings is 1. The maximum Gasteiger partial charge on any atom is 0.252 e. The molecule has 0 aromatic carbocycles. The molecule has 22 heavy (non-hydrogen) atoms. The molecule has 0 radical (unpaired) electrons. The molecule has 1 aliphatic rings. The van der Waals surface area contributed by atoms with Crippen molar-refractivity contribution in [2.45, 2.75) is 13.0 Å². The average Bonchev–Trinajstić information content (AvgIpc) is 3.20. The predicted molar refractivity (Wildman–Crippen MR) is 85.2 cm³/mol. The molecule has 1 saturated heterocycles. The minimum absolute atomic E-state index is 0.0391. The third-order valence-electron chi connectivity index (χ3n) is 3.82. The number of hydrogen-bond acceptors (Lipinski definition) is 5. The Bertz CT molecular complexity index is 603. The Morgan fingerprint density at radius 1 is 1.36 bits per heavy atom. The second-order valence-corrected chi connectivity index (χ2v) is 6.11. The predicted octanol–water partition coefficient (Wildman–Crippen LogP) is 2.45. The first-order chi connectivity index (χ1) is 10.7. The molecule has 6 heteroatoms. The van der Waals surface area contributed by atoms with Gasteiger partial charge in [-0.25, -0.2) is 0 Å². The fourth-order valence-electron chi connectivity index (χ4n) is 2.62. The van der Waals surface area contributed by atoms with Crippen LogP contribution in [0.2, 0.25) is 0 Å². The van der Waals surface area contributed by atoms with E-state index in [2.05, 4.69) is 10.2 Å². The monoisotopic (exact) mass is 320 g/mol. The number of rotatable bonds is 5. The van der Waals surface area contributed by atoms with E-state index in [1.54, 1.807) is 0 Å². The third-order valence-corrected chi connectivity index (χ3v) is 4.50. The van der Waals surface area contributed by atoms with Gasteiger partial charge in [-0.2, -0.15) is 11.3 Å². The Balaban J connectivity index is 1.69. The van der Waals surface area contributed by atoms with Gasteiger partial charge in [0.15, 0.2) is 0 Å². The largest absolute Gasteiger partial charge is 0.465 e. The maximum atomic E-state index is 12.2. The van der Waals surface area contributed by atoms with Gasteiger partial charge in [0.1, 0.15) is 11.5 Å². The zero-order valence-corrected chi connectivity index (χ0v) is 13.4. The minimum Gasteiger partial charge on any atom is -0.465 e. The zero-order chi connectivity index (χ0) is 15.4. The lowest BCUT2D eigenvalue weighted by Crippen LogP contribution is -2.43. The van der Waals surface area contributed by atoms with E-state index < -0.39 is 0 Å². The van der Waals surface area contributed by atoms with Crippen LogP contribution in [0.4, 0.5) is 0 Å². The van der Waals surface area contributed by atoms with Crippen LogP contribution in [0.25, 0.3) is 0 Å². The molecule has 1 fully saturated rings. The molecule has 1 aliphatic heterocycles. The second kappa shape index (κ2) is 7.09. The number of hydrogen-bond donors (Lipinski definition) is 1. The lowest BCUT2D eigenvalue weighted by Gasteiger charge is -2.33. The summed E-state index contributed by atoms with van der Waals surface area (Å²) >= 11 is 1.52. The third kappa shape index (κ3) is 3.58. The zero-order valence-electron chi connectivity index (χ0n) is 12.6. The van der Waals surface area contributed by atoms with Crippen LogP contribution < -0.4 is 5.32 Å². The fraction of sp³-hybridized carbons (Fsp3) is 0.438. The summed E-state index contributed by atoms with van der Waals surface area (Å²) in [6.45, 7) is 5.59. The Labute approximate surface area is 133 Å². The molecule has 0 aliphatic carbocycles.